The van der Waals surface area contributed by atoms with E-state index in [9.17, 15) is 9.90 Å². The number of Topliss-reactive ketones (excluding diaryl/α,β-unsaturated/α-hetero) is 1. The fraction of sp³-hybridized carbons (Fsp3) is 0.611. The Bertz CT molecular complexity index is 540. The van der Waals surface area contributed by atoms with Gasteiger partial charge in [-0.1, -0.05) is 26.2 Å². The quantitative estimate of drug-likeness (QED) is 0.745. The van der Waals surface area contributed by atoms with Gasteiger partial charge in [-0.25, -0.2) is 0 Å². The van der Waals surface area contributed by atoms with Crippen LogP contribution in [0.1, 0.15) is 55.5 Å². The van der Waals surface area contributed by atoms with E-state index in [0.717, 1.165) is 19.3 Å². The maximum Gasteiger partial charge on any atom is 0.191 e. The van der Waals surface area contributed by atoms with Crippen molar-refractivity contribution in [3.05, 3.63) is 23.3 Å². The molecule has 1 aromatic rings. The van der Waals surface area contributed by atoms with Gasteiger partial charge in [0.25, 0.3) is 0 Å². The molecule has 0 fully saturated rings. The standard InChI is InChI=1S/C18H26O5/c1-4-5-6-7-13(19)10-23-18-15-11-22-12(2)17(20)14(15)8-9-16(18)21-3/h8-9,12-13,19H,4-7,10-11H2,1-3H3. The van der Waals surface area contributed by atoms with Crippen molar-refractivity contribution < 1.29 is 24.1 Å². The number of fused-ring (bicyclic) bond motifs is 1. The highest BCUT2D eigenvalue weighted by molar-refractivity contribution is 6.02. The summed E-state index contributed by atoms with van der Waals surface area (Å²) in [5, 5.41) is 10.0. The third-order valence-corrected chi connectivity index (χ3v) is 4.12. The summed E-state index contributed by atoms with van der Waals surface area (Å²) >= 11 is 0. The van der Waals surface area contributed by atoms with Crippen molar-refractivity contribution in [2.75, 3.05) is 13.7 Å². The Morgan fingerprint density at radius 1 is 1.39 bits per heavy atom. The fourth-order valence-electron chi connectivity index (χ4n) is 2.70. The largest absolute Gasteiger partial charge is 0.493 e. The van der Waals surface area contributed by atoms with Crippen molar-refractivity contribution in [2.45, 2.75) is 58.3 Å². The maximum atomic E-state index is 12.2. The molecule has 5 heteroatoms. The van der Waals surface area contributed by atoms with Gasteiger partial charge in [0.15, 0.2) is 17.3 Å². The maximum absolute atomic E-state index is 12.2. The Morgan fingerprint density at radius 2 is 2.17 bits per heavy atom. The molecule has 2 unspecified atom stereocenters. The van der Waals surface area contributed by atoms with E-state index in [1.54, 1.807) is 26.2 Å². The molecular formula is C18H26O5. The lowest BCUT2D eigenvalue weighted by atomic mass is 9.97. The van der Waals surface area contributed by atoms with Crippen LogP contribution in [0.2, 0.25) is 0 Å². The summed E-state index contributed by atoms with van der Waals surface area (Å²) in [5.74, 6) is 0.998. The number of carbonyl (C=O) groups excluding carboxylic acids is 1. The number of benzene rings is 1. The predicted octanol–water partition coefficient (Wildman–Crippen LogP) is 3.12. The molecule has 5 nitrogen and oxygen atoms in total. The summed E-state index contributed by atoms with van der Waals surface area (Å²) in [7, 11) is 1.56. The van der Waals surface area contributed by atoms with Crippen molar-refractivity contribution in [1.29, 1.82) is 0 Å². The highest BCUT2D eigenvalue weighted by atomic mass is 16.5. The Kier molecular flexibility index (Phi) is 6.42. The molecule has 0 saturated carbocycles. The molecular weight excluding hydrogens is 296 g/mol. The lowest BCUT2D eigenvalue weighted by Crippen LogP contribution is -2.28. The number of hydrogen-bond acceptors (Lipinski definition) is 5. The zero-order valence-corrected chi connectivity index (χ0v) is 14.1. The lowest BCUT2D eigenvalue weighted by molar-refractivity contribution is 0.0315. The Labute approximate surface area is 137 Å². The second-order valence-corrected chi connectivity index (χ2v) is 5.90. The van der Waals surface area contributed by atoms with Gasteiger partial charge in [0, 0.05) is 11.1 Å². The van der Waals surface area contributed by atoms with Crippen LogP contribution < -0.4 is 9.47 Å². The Hall–Kier alpha value is -1.59. The van der Waals surface area contributed by atoms with Crippen LogP contribution in [0.25, 0.3) is 0 Å². The van der Waals surface area contributed by atoms with Crippen molar-refractivity contribution in [1.82, 2.24) is 0 Å². The van der Waals surface area contributed by atoms with Crippen LogP contribution in [-0.2, 0) is 11.3 Å². The molecule has 128 valence electrons. The van der Waals surface area contributed by atoms with Crippen molar-refractivity contribution in [2.24, 2.45) is 0 Å². The molecule has 1 N–H and O–H groups in total. The molecule has 1 aliphatic rings. The van der Waals surface area contributed by atoms with Gasteiger partial charge in [-0.15, -0.1) is 0 Å². The van der Waals surface area contributed by atoms with E-state index in [1.807, 2.05) is 0 Å². The molecule has 2 atom stereocenters. The molecule has 0 radical (unpaired) electrons. The first kappa shape index (κ1) is 17.8. The van der Waals surface area contributed by atoms with Crippen LogP contribution in [-0.4, -0.2) is 36.8 Å². The Morgan fingerprint density at radius 3 is 2.87 bits per heavy atom. The molecule has 0 aromatic heterocycles. The molecule has 1 aromatic carbocycles. The van der Waals surface area contributed by atoms with Crippen LogP contribution in [0.5, 0.6) is 11.5 Å². The number of ketones is 1. The van der Waals surface area contributed by atoms with E-state index < -0.39 is 12.2 Å². The van der Waals surface area contributed by atoms with Gasteiger partial charge in [-0.3, -0.25) is 4.79 Å². The molecule has 0 spiro atoms. The summed E-state index contributed by atoms with van der Waals surface area (Å²) in [6.45, 7) is 4.36. The SMILES string of the molecule is CCCCCC(O)COc1c(OC)ccc2c1COC(C)C2=O. The van der Waals surface area contributed by atoms with Crippen molar-refractivity contribution >= 4 is 5.78 Å². The normalized spacial score (nSPS) is 18.4. The number of unbranched alkanes of at least 4 members (excludes halogenated alkanes) is 2. The number of carbonyl (C=O) groups is 1. The summed E-state index contributed by atoms with van der Waals surface area (Å²) in [6, 6.07) is 3.48. The zero-order valence-electron chi connectivity index (χ0n) is 14.1. The average molecular weight is 322 g/mol. The van der Waals surface area contributed by atoms with E-state index in [4.69, 9.17) is 14.2 Å². The first-order valence-corrected chi connectivity index (χ1v) is 8.25. The van der Waals surface area contributed by atoms with Crippen molar-refractivity contribution in [3.63, 3.8) is 0 Å². The number of rotatable bonds is 8. The van der Waals surface area contributed by atoms with Gasteiger partial charge in [0.1, 0.15) is 12.7 Å². The van der Waals surface area contributed by atoms with Gasteiger partial charge < -0.3 is 19.3 Å². The second-order valence-electron chi connectivity index (χ2n) is 5.90. The van der Waals surface area contributed by atoms with Gasteiger partial charge in [0.05, 0.1) is 19.8 Å². The summed E-state index contributed by atoms with van der Waals surface area (Å²) in [5.41, 5.74) is 1.31. The van der Waals surface area contributed by atoms with Gasteiger partial charge in [0.2, 0.25) is 0 Å². The number of ether oxygens (including phenoxy) is 3. The van der Waals surface area contributed by atoms with E-state index in [1.165, 1.54) is 0 Å². The second kappa shape index (κ2) is 8.31. The molecule has 1 heterocycles. The molecule has 2 rings (SSSR count). The number of aliphatic hydroxyl groups is 1. The van der Waals surface area contributed by atoms with E-state index >= 15 is 0 Å². The topological polar surface area (TPSA) is 65.0 Å². The predicted molar refractivity (Wildman–Crippen MR) is 87.2 cm³/mol. The molecule has 0 saturated heterocycles. The summed E-state index contributed by atoms with van der Waals surface area (Å²) in [6.07, 6.45) is 2.93. The summed E-state index contributed by atoms with van der Waals surface area (Å²) < 4.78 is 16.6. The first-order chi connectivity index (χ1) is 11.1. The van der Waals surface area contributed by atoms with E-state index in [2.05, 4.69) is 6.92 Å². The minimum absolute atomic E-state index is 0.0535. The third-order valence-electron chi connectivity index (χ3n) is 4.12. The van der Waals surface area contributed by atoms with Gasteiger partial charge in [-0.05, 0) is 25.5 Å². The molecule has 0 bridgehead atoms. The van der Waals surface area contributed by atoms with Crippen LogP contribution in [0.15, 0.2) is 12.1 Å². The van der Waals surface area contributed by atoms with E-state index in [0.29, 0.717) is 35.7 Å². The Balaban J connectivity index is 2.12. The monoisotopic (exact) mass is 322 g/mol. The van der Waals surface area contributed by atoms with E-state index in [-0.39, 0.29) is 12.4 Å². The van der Waals surface area contributed by atoms with Crippen molar-refractivity contribution in [3.8, 4) is 11.5 Å². The highest BCUT2D eigenvalue weighted by Crippen LogP contribution is 2.37. The minimum Gasteiger partial charge on any atom is -0.493 e. The van der Waals surface area contributed by atoms with Crippen LogP contribution >= 0.6 is 0 Å². The third kappa shape index (κ3) is 4.24. The molecule has 23 heavy (non-hydrogen) atoms. The minimum atomic E-state index is -0.527. The first-order valence-electron chi connectivity index (χ1n) is 8.25. The zero-order chi connectivity index (χ0) is 16.8. The number of aliphatic hydroxyl groups excluding tert-OH is 1. The van der Waals surface area contributed by atoms with Crippen LogP contribution in [0, 0.1) is 0 Å². The number of methoxy groups -OCH3 is 1. The fourth-order valence-corrected chi connectivity index (χ4v) is 2.70. The van der Waals surface area contributed by atoms with Gasteiger partial charge >= 0.3 is 0 Å². The molecule has 1 aliphatic heterocycles. The smallest absolute Gasteiger partial charge is 0.191 e. The number of hydrogen-bond donors (Lipinski definition) is 1. The average Bonchev–Trinajstić information content (AvgIpc) is 2.56. The molecule has 0 amide bonds. The van der Waals surface area contributed by atoms with Crippen LogP contribution in [0.3, 0.4) is 0 Å². The highest BCUT2D eigenvalue weighted by Gasteiger charge is 2.29. The lowest BCUT2D eigenvalue weighted by Gasteiger charge is -2.25. The summed E-state index contributed by atoms with van der Waals surface area (Å²) in [4.78, 5) is 12.2. The molecule has 0 aliphatic carbocycles. The van der Waals surface area contributed by atoms with Gasteiger partial charge in [-0.2, -0.15) is 0 Å². The van der Waals surface area contributed by atoms with Crippen LogP contribution in [0.4, 0.5) is 0 Å².